The molecule has 0 aliphatic heterocycles. The zero-order valence-corrected chi connectivity index (χ0v) is 15.6. The molecule has 0 radical (unpaired) electrons. The molecule has 134 valence electrons. The Balaban J connectivity index is 1.68. The molecule has 0 atom stereocenters. The summed E-state index contributed by atoms with van der Waals surface area (Å²) in [5, 5.41) is 8.00. The van der Waals surface area contributed by atoms with Crippen LogP contribution in [-0.2, 0) is 11.3 Å². The first-order valence-corrected chi connectivity index (χ1v) is 8.98. The van der Waals surface area contributed by atoms with Gasteiger partial charge in [-0.05, 0) is 25.5 Å². The zero-order chi connectivity index (χ0) is 18.7. The van der Waals surface area contributed by atoms with Crippen molar-refractivity contribution >= 4 is 28.3 Å². The normalized spacial score (nSPS) is 10.6. The number of nitrogens with one attached hydrogen (secondary N) is 2. The first kappa shape index (κ1) is 17.9. The standard InChI is InChI=1S/C19H19N3O3S/c1-11-8-16(12(2)25-11)18(24)22-19-21-17(10-26-19)15-6-4-14(5-7-15)9-20-13(3)23/h4-8,10H,9H2,1-3H3,(H,20,23)(H,21,22,24). The van der Waals surface area contributed by atoms with Gasteiger partial charge in [0.15, 0.2) is 5.13 Å². The van der Waals surface area contributed by atoms with Gasteiger partial charge in [-0.1, -0.05) is 24.3 Å². The second kappa shape index (κ2) is 7.53. The van der Waals surface area contributed by atoms with E-state index >= 15 is 0 Å². The van der Waals surface area contributed by atoms with Crippen molar-refractivity contribution in [2.24, 2.45) is 0 Å². The molecule has 0 bridgehead atoms. The molecule has 26 heavy (non-hydrogen) atoms. The van der Waals surface area contributed by atoms with Gasteiger partial charge < -0.3 is 9.73 Å². The van der Waals surface area contributed by atoms with Crippen molar-refractivity contribution in [2.75, 3.05) is 5.32 Å². The van der Waals surface area contributed by atoms with Crippen molar-refractivity contribution in [2.45, 2.75) is 27.3 Å². The van der Waals surface area contributed by atoms with Crippen LogP contribution < -0.4 is 10.6 Å². The largest absolute Gasteiger partial charge is 0.466 e. The maximum Gasteiger partial charge on any atom is 0.260 e. The van der Waals surface area contributed by atoms with E-state index in [2.05, 4.69) is 15.6 Å². The molecule has 0 fully saturated rings. The van der Waals surface area contributed by atoms with Gasteiger partial charge in [0.25, 0.3) is 5.91 Å². The Kier molecular flexibility index (Phi) is 5.18. The number of aromatic nitrogens is 1. The predicted molar refractivity (Wildman–Crippen MR) is 101 cm³/mol. The van der Waals surface area contributed by atoms with Gasteiger partial charge >= 0.3 is 0 Å². The summed E-state index contributed by atoms with van der Waals surface area (Å²) in [6, 6.07) is 9.50. The monoisotopic (exact) mass is 369 g/mol. The number of amides is 2. The number of hydrogen-bond donors (Lipinski definition) is 2. The number of carbonyl (C=O) groups is 2. The second-order valence-corrected chi connectivity index (χ2v) is 6.78. The molecule has 0 saturated carbocycles. The number of carbonyl (C=O) groups excluding carboxylic acids is 2. The van der Waals surface area contributed by atoms with Gasteiger partial charge in [0.1, 0.15) is 11.5 Å². The van der Waals surface area contributed by atoms with Crippen molar-refractivity contribution in [1.29, 1.82) is 0 Å². The van der Waals surface area contributed by atoms with E-state index in [1.807, 2.05) is 29.6 Å². The lowest BCUT2D eigenvalue weighted by Crippen LogP contribution is -2.18. The lowest BCUT2D eigenvalue weighted by atomic mass is 10.1. The summed E-state index contributed by atoms with van der Waals surface area (Å²) in [4.78, 5) is 27.8. The molecule has 0 unspecified atom stereocenters. The van der Waals surface area contributed by atoms with Crippen LogP contribution in [0.4, 0.5) is 5.13 Å². The van der Waals surface area contributed by atoms with Crippen LogP contribution in [0.25, 0.3) is 11.3 Å². The number of thiazole rings is 1. The summed E-state index contributed by atoms with van der Waals surface area (Å²) >= 11 is 1.37. The smallest absolute Gasteiger partial charge is 0.260 e. The number of hydrogen-bond acceptors (Lipinski definition) is 5. The average Bonchev–Trinajstić information content (AvgIpc) is 3.19. The summed E-state index contributed by atoms with van der Waals surface area (Å²) in [6.07, 6.45) is 0. The van der Waals surface area contributed by atoms with Crippen LogP contribution in [0.2, 0.25) is 0 Å². The van der Waals surface area contributed by atoms with E-state index in [0.717, 1.165) is 16.8 Å². The van der Waals surface area contributed by atoms with Crippen molar-refractivity contribution in [3.8, 4) is 11.3 Å². The molecule has 0 aliphatic rings. The number of benzene rings is 1. The third-order valence-electron chi connectivity index (χ3n) is 3.80. The Labute approximate surface area is 155 Å². The molecule has 0 spiro atoms. The van der Waals surface area contributed by atoms with E-state index in [1.165, 1.54) is 18.3 Å². The molecular formula is C19H19N3O3S. The summed E-state index contributed by atoms with van der Waals surface area (Å²) in [5.41, 5.74) is 3.26. The molecule has 7 heteroatoms. The number of nitrogens with zero attached hydrogens (tertiary/aromatic N) is 1. The van der Waals surface area contributed by atoms with Gasteiger partial charge in [-0.15, -0.1) is 11.3 Å². The SMILES string of the molecule is CC(=O)NCc1ccc(-c2csc(NC(=O)c3cc(C)oc3C)n2)cc1. The van der Waals surface area contributed by atoms with Gasteiger partial charge in [-0.3, -0.25) is 14.9 Å². The Morgan fingerprint density at radius 2 is 1.92 bits per heavy atom. The Morgan fingerprint density at radius 1 is 1.19 bits per heavy atom. The minimum absolute atomic E-state index is 0.0583. The second-order valence-electron chi connectivity index (χ2n) is 5.93. The highest BCUT2D eigenvalue weighted by atomic mass is 32.1. The summed E-state index contributed by atoms with van der Waals surface area (Å²) in [7, 11) is 0. The predicted octanol–water partition coefficient (Wildman–Crippen LogP) is 3.91. The molecule has 6 nitrogen and oxygen atoms in total. The van der Waals surface area contributed by atoms with Crippen molar-refractivity contribution < 1.29 is 14.0 Å². The molecule has 1 aromatic carbocycles. The van der Waals surface area contributed by atoms with E-state index in [-0.39, 0.29) is 11.8 Å². The Bertz CT molecular complexity index is 941. The summed E-state index contributed by atoms with van der Waals surface area (Å²) in [5.74, 6) is 1.00. The first-order valence-electron chi connectivity index (χ1n) is 8.10. The molecule has 3 aromatic rings. The molecule has 0 saturated heterocycles. The molecule has 0 aliphatic carbocycles. The van der Waals surface area contributed by atoms with E-state index in [9.17, 15) is 9.59 Å². The van der Waals surface area contributed by atoms with Crippen LogP contribution >= 0.6 is 11.3 Å². The fourth-order valence-corrected chi connectivity index (χ4v) is 3.22. The van der Waals surface area contributed by atoms with E-state index in [1.54, 1.807) is 19.9 Å². The lowest BCUT2D eigenvalue weighted by molar-refractivity contribution is -0.119. The minimum atomic E-state index is -0.231. The lowest BCUT2D eigenvalue weighted by Gasteiger charge is -2.03. The molecule has 2 N–H and O–H groups in total. The summed E-state index contributed by atoms with van der Waals surface area (Å²) in [6.45, 7) is 5.56. The van der Waals surface area contributed by atoms with E-state index < -0.39 is 0 Å². The quantitative estimate of drug-likeness (QED) is 0.714. The molecule has 2 amide bonds. The fourth-order valence-electron chi connectivity index (χ4n) is 2.50. The first-order chi connectivity index (χ1) is 12.4. The molecule has 3 rings (SSSR count). The Hall–Kier alpha value is -2.93. The van der Waals surface area contributed by atoms with Gasteiger partial charge in [-0.2, -0.15) is 0 Å². The van der Waals surface area contributed by atoms with Gasteiger partial charge in [0, 0.05) is 24.4 Å². The Morgan fingerprint density at radius 3 is 2.54 bits per heavy atom. The fraction of sp³-hybridized carbons (Fsp3) is 0.211. The van der Waals surface area contributed by atoms with Gasteiger partial charge in [0.2, 0.25) is 5.91 Å². The number of furan rings is 1. The summed E-state index contributed by atoms with van der Waals surface area (Å²) < 4.78 is 5.39. The average molecular weight is 369 g/mol. The van der Waals surface area contributed by atoms with E-state index in [4.69, 9.17) is 4.42 Å². The number of rotatable bonds is 5. The molecule has 2 aromatic heterocycles. The van der Waals surface area contributed by atoms with Crippen LogP contribution in [0.3, 0.4) is 0 Å². The molecule has 2 heterocycles. The van der Waals surface area contributed by atoms with Gasteiger partial charge in [-0.25, -0.2) is 4.98 Å². The van der Waals surface area contributed by atoms with Crippen LogP contribution in [-0.4, -0.2) is 16.8 Å². The molecular weight excluding hydrogens is 350 g/mol. The van der Waals surface area contributed by atoms with Crippen molar-refractivity contribution in [3.63, 3.8) is 0 Å². The minimum Gasteiger partial charge on any atom is -0.466 e. The highest BCUT2D eigenvalue weighted by molar-refractivity contribution is 7.14. The van der Waals surface area contributed by atoms with Crippen LogP contribution in [0.5, 0.6) is 0 Å². The number of anilines is 1. The third kappa shape index (κ3) is 4.18. The van der Waals surface area contributed by atoms with Crippen LogP contribution in [0.15, 0.2) is 40.1 Å². The highest BCUT2D eigenvalue weighted by Crippen LogP contribution is 2.26. The maximum absolute atomic E-state index is 12.3. The number of aryl methyl sites for hydroxylation is 2. The van der Waals surface area contributed by atoms with Crippen LogP contribution in [0, 0.1) is 13.8 Å². The van der Waals surface area contributed by atoms with Crippen molar-refractivity contribution in [1.82, 2.24) is 10.3 Å². The highest BCUT2D eigenvalue weighted by Gasteiger charge is 2.15. The third-order valence-corrected chi connectivity index (χ3v) is 4.56. The van der Waals surface area contributed by atoms with Crippen LogP contribution in [0.1, 0.15) is 34.4 Å². The topological polar surface area (TPSA) is 84.2 Å². The van der Waals surface area contributed by atoms with Crippen molar-refractivity contribution in [3.05, 3.63) is 58.4 Å². The zero-order valence-electron chi connectivity index (χ0n) is 14.8. The van der Waals surface area contributed by atoms with Gasteiger partial charge in [0.05, 0.1) is 11.3 Å². The van der Waals surface area contributed by atoms with E-state index in [0.29, 0.717) is 28.8 Å². The maximum atomic E-state index is 12.3.